The zero-order valence-corrected chi connectivity index (χ0v) is 11.6. The number of nitrogens with zero attached hydrogens (tertiary/aromatic N) is 1. The van der Waals surface area contributed by atoms with Crippen LogP contribution in [-0.2, 0) is 0 Å². The van der Waals surface area contributed by atoms with Gasteiger partial charge in [-0.1, -0.05) is 19.9 Å². The molecular formula is C16H16FNO2. The Hall–Kier alpha value is -2.23. The summed E-state index contributed by atoms with van der Waals surface area (Å²) in [5.41, 5.74) is 1.84. The van der Waals surface area contributed by atoms with E-state index < -0.39 is 11.2 Å². The molecule has 0 aliphatic rings. The SMILES string of the molecule is Cc1c(F)cncc1-c1ccc(O)c(=O)c(C(C)C)c1. The molecule has 0 fully saturated rings. The second kappa shape index (κ2) is 5.41. The van der Waals surface area contributed by atoms with Crippen LogP contribution < -0.4 is 5.43 Å². The molecular weight excluding hydrogens is 257 g/mol. The highest BCUT2D eigenvalue weighted by Crippen LogP contribution is 2.26. The van der Waals surface area contributed by atoms with Gasteiger partial charge in [-0.2, -0.15) is 0 Å². The van der Waals surface area contributed by atoms with Crippen LogP contribution in [0.3, 0.4) is 0 Å². The van der Waals surface area contributed by atoms with E-state index in [1.165, 1.54) is 6.07 Å². The minimum atomic E-state index is -0.397. The molecule has 3 nitrogen and oxygen atoms in total. The fourth-order valence-corrected chi connectivity index (χ4v) is 2.06. The van der Waals surface area contributed by atoms with Crippen molar-refractivity contribution >= 4 is 0 Å². The van der Waals surface area contributed by atoms with E-state index in [9.17, 15) is 14.3 Å². The Bertz CT molecular complexity index is 711. The predicted molar refractivity (Wildman–Crippen MR) is 76.4 cm³/mol. The second-order valence-corrected chi connectivity index (χ2v) is 5.05. The van der Waals surface area contributed by atoms with E-state index in [4.69, 9.17) is 0 Å². The summed E-state index contributed by atoms with van der Waals surface area (Å²) in [6, 6.07) is 4.64. The first-order valence-electron chi connectivity index (χ1n) is 6.39. The van der Waals surface area contributed by atoms with Crippen molar-refractivity contribution in [2.24, 2.45) is 0 Å². The highest BCUT2D eigenvalue weighted by Gasteiger charge is 2.11. The number of aromatic hydroxyl groups is 1. The van der Waals surface area contributed by atoms with Crippen molar-refractivity contribution < 1.29 is 9.50 Å². The summed E-state index contributed by atoms with van der Waals surface area (Å²) in [4.78, 5) is 15.9. The monoisotopic (exact) mass is 273 g/mol. The molecule has 0 aliphatic heterocycles. The number of rotatable bonds is 2. The third-order valence-electron chi connectivity index (χ3n) is 3.31. The fourth-order valence-electron chi connectivity index (χ4n) is 2.06. The average molecular weight is 273 g/mol. The molecule has 20 heavy (non-hydrogen) atoms. The zero-order chi connectivity index (χ0) is 14.9. The van der Waals surface area contributed by atoms with Crippen molar-refractivity contribution in [3.63, 3.8) is 0 Å². The first-order valence-corrected chi connectivity index (χ1v) is 6.39. The van der Waals surface area contributed by atoms with E-state index in [0.29, 0.717) is 22.3 Å². The maximum absolute atomic E-state index is 13.6. The molecule has 104 valence electrons. The van der Waals surface area contributed by atoms with Crippen LogP contribution in [0, 0.1) is 12.7 Å². The summed E-state index contributed by atoms with van der Waals surface area (Å²) in [6.45, 7) is 5.40. The van der Waals surface area contributed by atoms with E-state index in [1.54, 1.807) is 25.3 Å². The lowest BCUT2D eigenvalue weighted by atomic mass is 9.99. The Morgan fingerprint density at radius 3 is 2.60 bits per heavy atom. The second-order valence-electron chi connectivity index (χ2n) is 5.05. The molecule has 0 bridgehead atoms. The third kappa shape index (κ3) is 2.54. The highest BCUT2D eigenvalue weighted by atomic mass is 19.1. The largest absolute Gasteiger partial charge is 0.504 e. The topological polar surface area (TPSA) is 50.2 Å². The van der Waals surface area contributed by atoms with Crippen LogP contribution in [0.2, 0.25) is 0 Å². The van der Waals surface area contributed by atoms with Crippen molar-refractivity contribution in [1.82, 2.24) is 4.98 Å². The van der Waals surface area contributed by atoms with Crippen LogP contribution in [0.5, 0.6) is 5.75 Å². The summed E-state index contributed by atoms with van der Waals surface area (Å²) in [6.07, 6.45) is 2.71. The maximum Gasteiger partial charge on any atom is 0.223 e. The Morgan fingerprint density at radius 2 is 1.95 bits per heavy atom. The fraction of sp³-hybridized carbons (Fsp3) is 0.250. The van der Waals surface area contributed by atoms with Gasteiger partial charge in [0.1, 0.15) is 5.82 Å². The van der Waals surface area contributed by atoms with Gasteiger partial charge in [0.2, 0.25) is 5.43 Å². The molecule has 2 rings (SSSR count). The lowest BCUT2D eigenvalue weighted by Crippen LogP contribution is -2.06. The van der Waals surface area contributed by atoms with Crippen LogP contribution in [0.15, 0.2) is 35.4 Å². The van der Waals surface area contributed by atoms with E-state index >= 15 is 0 Å². The summed E-state index contributed by atoms with van der Waals surface area (Å²) < 4.78 is 13.6. The smallest absolute Gasteiger partial charge is 0.223 e. The van der Waals surface area contributed by atoms with Crippen LogP contribution in [0.4, 0.5) is 4.39 Å². The quantitative estimate of drug-likeness (QED) is 0.912. The van der Waals surface area contributed by atoms with Gasteiger partial charge in [0.25, 0.3) is 0 Å². The molecule has 4 heteroatoms. The Balaban J connectivity index is 2.77. The minimum absolute atomic E-state index is 0.0404. The van der Waals surface area contributed by atoms with Crippen LogP contribution >= 0.6 is 0 Å². The molecule has 1 heterocycles. The van der Waals surface area contributed by atoms with Crippen LogP contribution in [0.25, 0.3) is 11.1 Å². The Kier molecular flexibility index (Phi) is 3.84. The molecule has 0 saturated heterocycles. The van der Waals surface area contributed by atoms with Gasteiger partial charge >= 0.3 is 0 Å². The Labute approximate surface area is 116 Å². The van der Waals surface area contributed by atoms with Gasteiger partial charge in [0.15, 0.2) is 5.75 Å². The van der Waals surface area contributed by atoms with E-state index in [0.717, 1.165) is 6.20 Å². The lowest BCUT2D eigenvalue weighted by Gasteiger charge is -2.06. The Morgan fingerprint density at radius 1 is 1.25 bits per heavy atom. The summed E-state index contributed by atoms with van der Waals surface area (Å²) in [5, 5.41) is 9.70. The van der Waals surface area contributed by atoms with Gasteiger partial charge in [0.05, 0.1) is 6.20 Å². The zero-order valence-electron chi connectivity index (χ0n) is 11.6. The number of aromatic nitrogens is 1. The van der Waals surface area contributed by atoms with Crippen molar-refractivity contribution in [3.8, 4) is 16.9 Å². The molecule has 1 aromatic heterocycles. The van der Waals surface area contributed by atoms with Crippen LogP contribution in [-0.4, -0.2) is 10.1 Å². The molecule has 2 aromatic rings. The van der Waals surface area contributed by atoms with Crippen molar-refractivity contribution in [2.45, 2.75) is 26.7 Å². The molecule has 1 N–H and O–H groups in total. The average Bonchev–Trinajstić information content (AvgIpc) is 2.54. The predicted octanol–water partition coefficient (Wildman–Crippen LogP) is 3.39. The normalized spacial score (nSPS) is 10.8. The summed E-state index contributed by atoms with van der Waals surface area (Å²) >= 11 is 0. The van der Waals surface area contributed by atoms with Gasteiger partial charge in [-0.3, -0.25) is 9.78 Å². The first kappa shape index (κ1) is 14.2. The third-order valence-corrected chi connectivity index (χ3v) is 3.31. The van der Waals surface area contributed by atoms with Crippen molar-refractivity contribution in [1.29, 1.82) is 0 Å². The number of hydrogen-bond acceptors (Lipinski definition) is 3. The first-order chi connectivity index (χ1) is 9.41. The minimum Gasteiger partial charge on any atom is -0.504 e. The molecule has 0 aliphatic carbocycles. The standard InChI is InChI=1S/C16H16FNO2/c1-9(2)12-6-11(4-5-15(19)16(12)20)13-7-18-8-14(17)10(13)3/h4-9H,1-3H3,(H,19,20). The highest BCUT2D eigenvalue weighted by molar-refractivity contribution is 5.67. The van der Waals surface area contributed by atoms with Crippen molar-refractivity contribution in [2.75, 3.05) is 0 Å². The van der Waals surface area contributed by atoms with E-state index in [2.05, 4.69) is 4.98 Å². The van der Waals surface area contributed by atoms with E-state index in [-0.39, 0.29) is 11.7 Å². The molecule has 0 amide bonds. The van der Waals surface area contributed by atoms with Gasteiger partial charge < -0.3 is 5.11 Å². The van der Waals surface area contributed by atoms with Gasteiger partial charge in [-0.05, 0) is 36.1 Å². The lowest BCUT2D eigenvalue weighted by molar-refractivity contribution is 0.469. The van der Waals surface area contributed by atoms with Gasteiger partial charge in [-0.15, -0.1) is 0 Å². The number of pyridine rings is 1. The van der Waals surface area contributed by atoms with Crippen LogP contribution in [0.1, 0.15) is 30.9 Å². The molecule has 0 atom stereocenters. The van der Waals surface area contributed by atoms with E-state index in [1.807, 2.05) is 13.8 Å². The van der Waals surface area contributed by atoms with Gasteiger partial charge in [-0.25, -0.2) is 4.39 Å². The number of hydrogen-bond donors (Lipinski definition) is 1. The van der Waals surface area contributed by atoms with Crippen molar-refractivity contribution in [3.05, 3.63) is 57.8 Å². The molecule has 0 unspecified atom stereocenters. The molecule has 1 aromatic carbocycles. The molecule has 0 spiro atoms. The van der Waals surface area contributed by atoms with Gasteiger partial charge in [0, 0.05) is 17.3 Å². The molecule has 0 radical (unpaired) electrons. The summed E-state index contributed by atoms with van der Waals surface area (Å²) in [5.74, 6) is -0.741. The number of halogens is 1. The maximum atomic E-state index is 13.6. The summed E-state index contributed by atoms with van der Waals surface area (Å²) in [7, 11) is 0. The molecule has 0 saturated carbocycles.